The van der Waals surface area contributed by atoms with E-state index in [1.807, 2.05) is 12.1 Å². The molecular formula is C20H23ClN4O4S. The van der Waals surface area contributed by atoms with Gasteiger partial charge in [-0.2, -0.15) is 4.31 Å². The Labute approximate surface area is 179 Å². The fourth-order valence-electron chi connectivity index (χ4n) is 3.55. The van der Waals surface area contributed by atoms with Crippen molar-refractivity contribution in [3.8, 4) is 5.75 Å². The molecule has 1 aliphatic heterocycles. The molecule has 160 valence electrons. The Morgan fingerprint density at radius 1 is 1.00 bits per heavy atom. The van der Waals surface area contributed by atoms with Crippen molar-refractivity contribution in [3.05, 3.63) is 58.0 Å². The summed E-state index contributed by atoms with van der Waals surface area (Å²) in [6, 6.07) is 11.9. The number of imidazole rings is 1. The first-order valence-corrected chi connectivity index (χ1v) is 11.6. The van der Waals surface area contributed by atoms with E-state index in [-0.39, 0.29) is 10.6 Å². The SMILES string of the molecule is O=c1[nH]c2ccc(S(=O)(=O)N3CCN(CCCOc4cccc(Cl)c4)CC3)cc2[nH]1. The van der Waals surface area contributed by atoms with Crippen LogP contribution in [0.3, 0.4) is 0 Å². The molecule has 2 N–H and O–H groups in total. The van der Waals surface area contributed by atoms with Gasteiger partial charge in [-0.3, -0.25) is 0 Å². The molecule has 30 heavy (non-hydrogen) atoms. The van der Waals surface area contributed by atoms with Gasteiger partial charge in [0, 0.05) is 37.7 Å². The van der Waals surface area contributed by atoms with E-state index in [0.717, 1.165) is 18.7 Å². The average Bonchev–Trinajstić information content (AvgIpc) is 3.11. The van der Waals surface area contributed by atoms with E-state index in [1.165, 1.54) is 16.4 Å². The Kier molecular flexibility index (Phi) is 6.14. The summed E-state index contributed by atoms with van der Waals surface area (Å²) in [4.78, 5) is 19.0. The lowest BCUT2D eigenvalue weighted by molar-refractivity contribution is 0.174. The minimum atomic E-state index is -3.60. The highest BCUT2D eigenvalue weighted by molar-refractivity contribution is 7.89. The van der Waals surface area contributed by atoms with Gasteiger partial charge in [-0.25, -0.2) is 13.2 Å². The molecule has 1 fully saturated rings. The molecular weight excluding hydrogens is 428 g/mol. The molecule has 0 saturated carbocycles. The number of nitrogens with one attached hydrogen (secondary N) is 2. The molecule has 4 rings (SSSR count). The summed E-state index contributed by atoms with van der Waals surface area (Å²) in [5.41, 5.74) is 0.718. The summed E-state index contributed by atoms with van der Waals surface area (Å²) in [5, 5.41) is 0.645. The third-order valence-electron chi connectivity index (χ3n) is 5.14. The summed E-state index contributed by atoms with van der Waals surface area (Å²) in [5.74, 6) is 0.749. The van der Waals surface area contributed by atoms with Gasteiger partial charge in [0.15, 0.2) is 0 Å². The topological polar surface area (TPSA) is 98.5 Å². The summed E-state index contributed by atoms with van der Waals surface area (Å²) in [6.45, 7) is 3.61. The van der Waals surface area contributed by atoms with E-state index < -0.39 is 10.0 Å². The van der Waals surface area contributed by atoms with E-state index in [4.69, 9.17) is 16.3 Å². The van der Waals surface area contributed by atoms with Crippen LogP contribution < -0.4 is 10.4 Å². The van der Waals surface area contributed by atoms with Crippen molar-refractivity contribution in [1.29, 1.82) is 0 Å². The smallest absolute Gasteiger partial charge is 0.323 e. The van der Waals surface area contributed by atoms with Crippen LogP contribution in [0.25, 0.3) is 11.0 Å². The van der Waals surface area contributed by atoms with E-state index in [2.05, 4.69) is 14.9 Å². The molecule has 2 aromatic carbocycles. The Morgan fingerprint density at radius 3 is 2.53 bits per heavy atom. The van der Waals surface area contributed by atoms with Crippen molar-refractivity contribution >= 4 is 32.7 Å². The number of fused-ring (bicyclic) bond motifs is 1. The highest BCUT2D eigenvalue weighted by atomic mass is 35.5. The zero-order chi connectivity index (χ0) is 21.1. The molecule has 0 unspecified atom stereocenters. The second-order valence-corrected chi connectivity index (χ2v) is 9.57. The van der Waals surface area contributed by atoms with Crippen LogP contribution in [0.5, 0.6) is 5.75 Å². The van der Waals surface area contributed by atoms with Gasteiger partial charge >= 0.3 is 5.69 Å². The summed E-state index contributed by atoms with van der Waals surface area (Å²) < 4.78 is 33.1. The maximum Gasteiger partial charge on any atom is 0.323 e. The molecule has 3 aromatic rings. The molecule has 8 nitrogen and oxygen atoms in total. The highest BCUT2D eigenvalue weighted by Crippen LogP contribution is 2.21. The molecule has 0 radical (unpaired) electrons. The van der Waals surface area contributed by atoms with E-state index in [9.17, 15) is 13.2 Å². The van der Waals surface area contributed by atoms with Gasteiger partial charge in [-0.05, 0) is 42.8 Å². The number of ether oxygens (including phenoxy) is 1. The number of hydrogen-bond acceptors (Lipinski definition) is 5. The van der Waals surface area contributed by atoms with E-state index in [1.54, 1.807) is 18.2 Å². The number of aromatic amines is 2. The van der Waals surface area contributed by atoms with Crippen molar-refractivity contribution in [2.24, 2.45) is 0 Å². The lowest BCUT2D eigenvalue weighted by atomic mass is 10.3. The number of hydrogen-bond donors (Lipinski definition) is 2. The average molecular weight is 451 g/mol. The van der Waals surface area contributed by atoms with Crippen LogP contribution in [0, 0.1) is 0 Å². The predicted molar refractivity (Wildman–Crippen MR) is 116 cm³/mol. The number of nitrogens with zero attached hydrogens (tertiary/aromatic N) is 2. The van der Waals surface area contributed by atoms with Crippen LogP contribution in [0.15, 0.2) is 52.2 Å². The zero-order valence-corrected chi connectivity index (χ0v) is 17.9. The summed E-state index contributed by atoms with van der Waals surface area (Å²) in [7, 11) is -3.60. The van der Waals surface area contributed by atoms with Crippen molar-refractivity contribution in [3.63, 3.8) is 0 Å². The van der Waals surface area contributed by atoms with Gasteiger partial charge in [-0.1, -0.05) is 17.7 Å². The molecule has 1 saturated heterocycles. The van der Waals surface area contributed by atoms with Gasteiger partial charge in [0.25, 0.3) is 0 Å². The molecule has 2 heterocycles. The first-order chi connectivity index (χ1) is 14.4. The summed E-state index contributed by atoms with van der Waals surface area (Å²) >= 11 is 5.94. The van der Waals surface area contributed by atoms with Crippen LogP contribution in [0.2, 0.25) is 5.02 Å². The number of halogens is 1. The number of rotatable bonds is 7. The lowest BCUT2D eigenvalue weighted by Crippen LogP contribution is -2.48. The first kappa shape index (κ1) is 20.9. The maximum absolute atomic E-state index is 13.0. The predicted octanol–water partition coefficient (Wildman–Crippen LogP) is 2.28. The van der Waals surface area contributed by atoms with Crippen LogP contribution in [0.1, 0.15) is 6.42 Å². The standard InChI is InChI=1S/C20H23ClN4O4S/c21-15-3-1-4-16(13-15)29-12-2-7-24-8-10-25(11-9-24)30(27,28)17-5-6-18-19(14-17)23-20(26)22-18/h1,3-6,13-14H,2,7-12H2,(H2,22,23,26). The Hall–Kier alpha value is -2.33. The molecule has 0 amide bonds. The Morgan fingerprint density at radius 2 is 1.77 bits per heavy atom. The molecule has 0 bridgehead atoms. The maximum atomic E-state index is 13.0. The van der Waals surface area contributed by atoms with Gasteiger partial charge in [0.2, 0.25) is 10.0 Å². The first-order valence-electron chi connectivity index (χ1n) is 9.75. The number of sulfonamides is 1. The minimum Gasteiger partial charge on any atom is -0.493 e. The molecule has 1 aliphatic rings. The van der Waals surface area contributed by atoms with Crippen molar-refractivity contribution in [2.75, 3.05) is 39.3 Å². The normalized spacial score (nSPS) is 16.2. The number of aromatic nitrogens is 2. The number of piperazine rings is 1. The van der Waals surface area contributed by atoms with E-state index >= 15 is 0 Å². The quantitative estimate of drug-likeness (QED) is 0.538. The highest BCUT2D eigenvalue weighted by Gasteiger charge is 2.28. The number of H-pyrrole nitrogens is 2. The van der Waals surface area contributed by atoms with Crippen LogP contribution in [-0.2, 0) is 10.0 Å². The molecule has 0 aliphatic carbocycles. The Bertz CT molecular complexity index is 1180. The molecule has 0 spiro atoms. The summed E-state index contributed by atoms with van der Waals surface area (Å²) in [6.07, 6.45) is 0.844. The molecule has 10 heteroatoms. The van der Waals surface area contributed by atoms with Crippen molar-refractivity contribution in [2.45, 2.75) is 11.3 Å². The number of benzene rings is 2. The largest absolute Gasteiger partial charge is 0.493 e. The van der Waals surface area contributed by atoms with Gasteiger partial charge in [-0.15, -0.1) is 0 Å². The van der Waals surface area contributed by atoms with Crippen molar-refractivity contribution < 1.29 is 13.2 Å². The van der Waals surface area contributed by atoms with Crippen LogP contribution in [0.4, 0.5) is 0 Å². The van der Waals surface area contributed by atoms with Gasteiger partial charge < -0.3 is 19.6 Å². The van der Waals surface area contributed by atoms with Crippen molar-refractivity contribution in [1.82, 2.24) is 19.2 Å². The van der Waals surface area contributed by atoms with Gasteiger partial charge in [0.05, 0.1) is 22.5 Å². The molecule has 0 atom stereocenters. The van der Waals surface area contributed by atoms with Crippen LogP contribution >= 0.6 is 11.6 Å². The lowest BCUT2D eigenvalue weighted by Gasteiger charge is -2.33. The van der Waals surface area contributed by atoms with E-state index in [0.29, 0.717) is 48.8 Å². The Balaban J connectivity index is 1.28. The van der Waals surface area contributed by atoms with Crippen LogP contribution in [-0.4, -0.2) is 66.9 Å². The van der Waals surface area contributed by atoms with Gasteiger partial charge in [0.1, 0.15) is 5.75 Å². The third kappa shape index (κ3) is 4.70. The molecule has 1 aromatic heterocycles. The monoisotopic (exact) mass is 450 g/mol. The fraction of sp³-hybridized carbons (Fsp3) is 0.350. The zero-order valence-electron chi connectivity index (χ0n) is 16.3. The fourth-order valence-corrected chi connectivity index (χ4v) is 5.18. The third-order valence-corrected chi connectivity index (χ3v) is 7.27. The minimum absolute atomic E-state index is 0.189. The second-order valence-electron chi connectivity index (χ2n) is 7.19. The second kappa shape index (κ2) is 8.81.